The molecule has 43 heavy (non-hydrogen) atoms. The van der Waals surface area contributed by atoms with Crippen LogP contribution in [0.25, 0.3) is 0 Å². The van der Waals surface area contributed by atoms with Crippen molar-refractivity contribution >= 4 is 23.6 Å². The van der Waals surface area contributed by atoms with Gasteiger partial charge in [0.25, 0.3) is 0 Å². The Hall–Kier alpha value is -4.41. The fraction of sp³-hybridized carbons (Fsp3) is 0.344. The molecule has 0 saturated heterocycles. The van der Waals surface area contributed by atoms with Gasteiger partial charge in [0, 0.05) is 25.2 Å². The smallest absolute Gasteiger partial charge is 0.419 e. The fourth-order valence-corrected chi connectivity index (χ4v) is 4.91. The molecule has 3 aromatic carbocycles. The van der Waals surface area contributed by atoms with Crippen LogP contribution in [0.4, 0.5) is 28.0 Å². The number of amides is 3. The van der Waals surface area contributed by atoms with Crippen molar-refractivity contribution in [1.29, 1.82) is 0 Å². The minimum Gasteiger partial charge on any atom is -0.444 e. The van der Waals surface area contributed by atoms with Gasteiger partial charge in [-0.15, -0.1) is 0 Å². The Kier molecular flexibility index (Phi) is 9.42. The highest BCUT2D eigenvalue weighted by atomic mass is 19.4. The number of nitrogens with one attached hydrogen (secondary N) is 2. The van der Waals surface area contributed by atoms with E-state index in [-0.39, 0.29) is 30.9 Å². The maximum absolute atomic E-state index is 14.0. The van der Waals surface area contributed by atoms with Crippen LogP contribution in [0, 0.1) is 5.82 Å². The molecule has 1 aliphatic heterocycles. The molecular weight excluding hydrogens is 566 g/mol. The third kappa shape index (κ3) is 8.56. The van der Waals surface area contributed by atoms with Crippen LogP contribution in [0.5, 0.6) is 0 Å². The molecule has 3 aromatic rings. The second-order valence-corrected chi connectivity index (χ2v) is 11.4. The molecule has 1 aliphatic rings. The zero-order chi connectivity index (χ0) is 31.4. The number of alkyl carbamates (subject to hydrolysis) is 1. The number of halogens is 4. The van der Waals surface area contributed by atoms with Crippen molar-refractivity contribution in [2.75, 3.05) is 11.9 Å². The van der Waals surface area contributed by atoms with Gasteiger partial charge in [-0.1, -0.05) is 48.5 Å². The van der Waals surface area contributed by atoms with Crippen LogP contribution in [0.3, 0.4) is 0 Å². The van der Waals surface area contributed by atoms with E-state index in [1.54, 1.807) is 37.8 Å². The number of nitrogens with zero attached hydrogens (tertiary/aromatic N) is 1. The average Bonchev–Trinajstić information content (AvgIpc) is 2.91. The molecule has 4 rings (SSSR count). The number of carbonyl (C=O) groups excluding carboxylic acids is 3. The van der Waals surface area contributed by atoms with Gasteiger partial charge in [0.15, 0.2) is 0 Å². The van der Waals surface area contributed by atoms with E-state index in [0.29, 0.717) is 30.8 Å². The summed E-state index contributed by atoms with van der Waals surface area (Å²) in [5.74, 6) is -2.24. The number of anilines is 1. The number of ether oxygens (including phenoxy) is 1. The third-order valence-electron chi connectivity index (χ3n) is 6.83. The molecule has 0 aliphatic carbocycles. The zero-order valence-electron chi connectivity index (χ0n) is 24.1. The molecule has 0 fully saturated rings. The Balaban J connectivity index is 1.45. The van der Waals surface area contributed by atoms with E-state index in [1.165, 1.54) is 0 Å². The van der Waals surface area contributed by atoms with Crippen LogP contribution in [0.2, 0.25) is 0 Å². The van der Waals surface area contributed by atoms with Crippen molar-refractivity contribution in [3.8, 4) is 0 Å². The van der Waals surface area contributed by atoms with Gasteiger partial charge in [0.1, 0.15) is 17.5 Å². The summed E-state index contributed by atoms with van der Waals surface area (Å²) in [6, 6.07) is 16.1. The molecular formula is C32H33F4N3O4. The molecule has 0 unspecified atom stereocenters. The van der Waals surface area contributed by atoms with E-state index in [1.807, 2.05) is 36.4 Å². The highest BCUT2D eigenvalue weighted by molar-refractivity contribution is 5.93. The number of alkyl halides is 3. The lowest BCUT2D eigenvalue weighted by Crippen LogP contribution is -2.51. The van der Waals surface area contributed by atoms with E-state index in [2.05, 4.69) is 10.6 Å². The molecule has 0 aromatic heterocycles. The highest BCUT2D eigenvalue weighted by Crippen LogP contribution is 2.32. The Morgan fingerprint density at radius 3 is 2.33 bits per heavy atom. The first-order chi connectivity index (χ1) is 20.2. The maximum atomic E-state index is 14.0. The number of fused-ring (bicyclic) bond motifs is 1. The van der Waals surface area contributed by atoms with Gasteiger partial charge in [0.05, 0.1) is 12.0 Å². The predicted octanol–water partition coefficient (Wildman–Crippen LogP) is 6.05. The minimum absolute atomic E-state index is 0.103. The van der Waals surface area contributed by atoms with Gasteiger partial charge < -0.3 is 20.3 Å². The summed E-state index contributed by atoms with van der Waals surface area (Å²) in [6.45, 7) is 5.77. The zero-order valence-corrected chi connectivity index (χ0v) is 24.1. The van der Waals surface area contributed by atoms with Gasteiger partial charge in [-0.05, 0) is 67.6 Å². The first kappa shape index (κ1) is 31.5. The molecule has 7 nitrogen and oxygen atoms in total. The summed E-state index contributed by atoms with van der Waals surface area (Å²) in [6.07, 6.45) is -5.16. The summed E-state index contributed by atoms with van der Waals surface area (Å²) >= 11 is 0. The molecule has 0 spiro atoms. The molecule has 1 heterocycles. The number of rotatable bonds is 7. The van der Waals surface area contributed by atoms with Crippen molar-refractivity contribution in [3.05, 3.63) is 100 Å². The molecule has 3 amide bonds. The summed E-state index contributed by atoms with van der Waals surface area (Å²) in [7, 11) is 0. The van der Waals surface area contributed by atoms with Gasteiger partial charge in [-0.3, -0.25) is 9.59 Å². The van der Waals surface area contributed by atoms with E-state index in [0.717, 1.165) is 22.8 Å². The number of hydrogen-bond acceptors (Lipinski definition) is 4. The first-order valence-electron chi connectivity index (χ1n) is 13.8. The van der Waals surface area contributed by atoms with E-state index >= 15 is 0 Å². The van der Waals surface area contributed by atoms with Crippen LogP contribution >= 0.6 is 0 Å². The topological polar surface area (TPSA) is 87.7 Å². The summed E-state index contributed by atoms with van der Waals surface area (Å²) in [5.41, 5.74) is 0.969. The quantitative estimate of drug-likeness (QED) is 0.324. The SMILES string of the molecule is CC(C)(C)OC(=O)N[C@@H](Cc1ccccc1)C(=O)N1CCc2c(cccc2NC(=O)Cc2ccc(C(F)(F)F)c(F)c2)C1. The largest absolute Gasteiger partial charge is 0.444 e. The molecule has 1 atom stereocenters. The molecule has 228 valence electrons. The van der Waals surface area contributed by atoms with Crippen LogP contribution < -0.4 is 10.6 Å². The van der Waals surface area contributed by atoms with Crippen LogP contribution in [0.1, 0.15) is 48.6 Å². The number of hydrogen-bond donors (Lipinski definition) is 2. The molecule has 2 N–H and O–H groups in total. The van der Waals surface area contributed by atoms with Crippen LogP contribution in [-0.2, 0) is 46.3 Å². The lowest BCUT2D eigenvalue weighted by Gasteiger charge is -2.33. The van der Waals surface area contributed by atoms with Crippen molar-refractivity contribution in [1.82, 2.24) is 10.2 Å². The Bertz CT molecular complexity index is 1490. The normalized spacial score (nSPS) is 14.0. The van der Waals surface area contributed by atoms with Crippen LogP contribution in [0.15, 0.2) is 66.7 Å². The summed E-state index contributed by atoms with van der Waals surface area (Å²) < 4.78 is 57.9. The van der Waals surface area contributed by atoms with Crippen molar-refractivity contribution in [2.45, 2.75) is 64.4 Å². The minimum atomic E-state index is -4.82. The number of benzene rings is 3. The van der Waals surface area contributed by atoms with Crippen molar-refractivity contribution in [3.63, 3.8) is 0 Å². The van der Waals surface area contributed by atoms with Gasteiger partial charge >= 0.3 is 12.3 Å². The van der Waals surface area contributed by atoms with Crippen LogP contribution in [-0.4, -0.2) is 41.0 Å². The van der Waals surface area contributed by atoms with Gasteiger partial charge in [-0.25, -0.2) is 9.18 Å². The third-order valence-corrected chi connectivity index (χ3v) is 6.83. The second kappa shape index (κ2) is 12.8. The molecule has 0 saturated carbocycles. The summed E-state index contributed by atoms with van der Waals surface area (Å²) in [4.78, 5) is 40.6. The van der Waals surface area contributed by atoms with Crippen molar-refractivity contribution < 1.29 is 36.7 Å². The maximum Gasteiger partial charge on any atom is 0.419 e. The lowest BCUT2D eigenvalue weighted by molar-refractivity contribution is -0.140. The standard InChI is InChI=1S/C32H33F4N3O4/c1-31(2,3)43-30(42)38-27(17-20-8-5-4-6-9-20)29(41)39-15-14-23-22(19-39)10-7-11-26(23)37-28(40)18-21-12-13-24(25(33)16-21)32(34,35)36/h4-13,16,27H,14-15,17-19H2,1-3H3,(H,37,40)(H,38,42)/t27-/m0/s1. The predicted molar refractivity (Wildman–Crippen MR) is 153 cm³/mol. The Labute approximate surface area is 247 Å². The second-order valence-electron chi connectivity index (χ2n) is 11.4. The Morgan fingerprint density at radius 1 is 0.953 bits per heavy atom. The lowest BCUT2D eigenvalue weighted by atomic mass is 9.96. The number of carbonyl (C=O) groups is 3. The first-order valence-corrected chi connectivity index (χ1v) is 13.8. The monoisotopic (exact) mass is 599 g/mol. The fourth-order valence-electron chi connectivity index (χ4n) is 4.91. The summed E-state index contributed by atoms with van der Waals surface area (Å²) in [5, 5.41) is 5.49. The average molecular weight is 600 g/mol. The molecule has 11 heteroatoms. The van der Waals surface area contributed by atoms with E-state index < -0.39 is 41.2 Å². The highest BCUT2D eigenvalue weighted by Gasteiger charge is 2.34. The molecule has 0 radical (unpaired) electrons. The Morgan fingerprint density at radius 2 is 1.67 bits per heavy atom. The van der Waals surface area contributed by atoms with Gasteiger partial charge in [0.2, 0.25) is 11.8 Å². The van der Waals surface area contributed by atoms with Gasteiger partial charge in [-0.2, -0.15) is 13.2 Å². The van der Waals surface area contributed by atoms with E-state index in [4.69, 9.17) is 4.74 Å². The van der Waals surface area contributed by atoms with Crippen molar-refractivity contribution in [2.24, 2.45) is 0 Å². The van der Waals surface area contributed by atoms with E-state index in [9.17, 15) is 31.9 Å². The molecule has 0 bridgehead atoms.